The summed E-state index contributed by atoms with van der Waals surface area (Å²) in [4.78, 5) is 12.7. The number of hydrogen-bond acceptors (Lipinski definition) is 3. The highest BCUT2D eigenvalue weighted by atomic mass is 19.2. The minimum atomic E-state index is -0.996. The van der Waals surface area contributed by atoms with Crippen LogP contribution in [0, 0.1) is 23.3 Å². The first-order valence-electron chi connectivity index (χ1n) is 9.78. The number of carbonyl (C=O) groups excluding carboxylic acids is 1. The molecule has 1 aliphatic rings. The second-order valence-electron chi connectivity index (χ2n) is 7.57. The van der Waals surface area contributed by atoms with Gasteiger partial charge in [0.2, 0.25) is 0 Å². The van der Waals surface area contributed by atoms with Gasteiger partial charge in [-0.25, -0.2) is 17.6 Å². The molecule has 0 aliphatic carbocycles. The van der Waals surface area contributed by atoms with E-state index in [-0.39, 0.29) is 11.5 Å². The van der Waals surface area contributed by atoms with Crippen LogP contribution in [0.1, 0.15) is 28.3 Å². The van der Waals surface area contributed by atoms with E-state index in [9.17, 15) is 22.4 Å². The Kier molecular flexibility index (Phi) is 5.77. The molecule has 3 aromatic rings. The number of nitrogens with one attached hydrogen (secondary N) is 2. The molecule has 4 rings (SSSR count). The lowest BCUT2D eigenvalue weighted by molar-refractivity contribution is 0.0916. The van der Waals surface area contributed by atoms with Gasteiger partial charge in [-0.05, 0) is 48.4 Å². The van der Waals surface area contributed by atoms with Crippen molar-refractivity contribution in [2.75, 3.05) is 13.1 Å². The molecular weight excluding hydrogens is 412 g/mol. The molecule has 0 radical (unpaired) electrons. The van der Waals surface area contributed by atoms with Crippen molar-refractivity contribution >= 4 is 5.91 Å². The molecule has 2 aromatic carbocycles. The molecule has 0 spiro atoms. The molecule has 1 saturated heterocycles. The van der Waals surface area contributed by atoms with Gasteiger partial charge in [0.15, 0.2) is 11.6 Å². The van der Waals surface area contributed by atoms with Crippen molar-refractivity contribution in [3.63, 3.8) is 0 Å². The van der Waals surface area contributed by atoms with Crippen LogP contribution in [0.3, 0.4) is 0 Å². The van der Waals surface area contributed by atoms with Gasteiger partial charge < -0.3 is 10.6 Å². The third-order valence-electron chi connectivity index (χ3n) is 5.48. The van der Waals surface area contributed by atoms with E-state index in [1.807, 2.05) is 0 Å². The number of nitrogens with zero attached hydrogens (tertiary/aromatic N) is 2. The largest absolute Gasteiger partial charge is 0.347 e. The molecule has 162 valence electrons. The summed E-state index contributed by atoms with van der Waals surface area (Å²) >= 11 is 0. The van der Waals surface area contributed by atoms with Crippen LogP contribution >= 0.6 is 0 Å². The topological polar surface area (TPSA) is 59.0 Å². The van der Waals surface area contributed by atoms with Crippen molar-refractivity contribution in [3.05, 3.63) is 77.1 Å². The van der Waals surface area contributed by atoms with E-state index in [1.54, 1.807) is 13.2 Å². The van der Waals surface area contributed by atoms with E-state index in [0.717, 1.165) is 24.3 Å². The van der Waals surface area contributed by atoms with Crippen molar-refractivity contribution in [3.8, 4) is 11.1 Å². The van der Waals surface area contributed by atoms with Crippen LogP contribution in [0.15, 0.2) is 42.7 Å². The SMILES string of the molecule is Cn1cc(-c2cc(F)c(C(=O)N[C@@H]3CNCC[C@H]3c3ccc(F)c(F)c3)c(F)c2)cn1. The van der Waals surface area contributed by atoms with Gasteiger partial charge >= 0.3 is 0 Å². The fourth-order valence-electron chi connectivity index (χ4n) is 3.92. The molecule has 2 atom stereocenters. The van der Waals surface area contributed by atoms with Crippen LogP contribution in [0.5, 0.6) is 0 Å². The zero-order valence-corrected chi connectivity index (χ0v) is 16.6. The van der Waals surface area contributed by atoms with Crippen LogP contribution in [0.2, 0.25) is 0 Å². The average Bonchev–Trinajstić information content (AvgIpc) is 3.16. The van der Waals surface area contributed by atoms with Gasteiger partial charge in [0.05, 0.1) is 6.20 Å². The number of halogens is 4. The van der Waals surface area contributed by atoms with Gasteiger partial charge in [0, 0.05) is 37.3 Å². The number of hydrogen-bond donors (Lipinski definition) is 2. The minimum Gasteiger partial charge on any atom is -0.347 e. The number of amides is 1. The number of aryl methyl sites for hydroxylation is 1. The van der Waals surface area contributed by atoms with Crippen molar-refractivity contribution in [2.24, 2.45) is 7.05 Å². The number of piperidine rings is 1. The highest BCUT2D eigenvalue weighted by molar-refractivity contribution is 5.95. The van der Waals surface area contributed by atoms with Crippen molar-refractivity contribution in [1.82, 2.24) is 20.4 Å². The van der Waals surface area contributed by atoms with Crippen LogP contribution < -0.4 is 10.6 Å². The van der Waals surface area contributed by atoms with E-state index in [0.29, 0.717) is 30.6 Å². The van der Waals surface area contributed by atoms with Gasteiger partial charge in [0.25, 0.3) is 5.91 Å². The van der Waals surface area contributed by atoms with Crippen molar-refractivity contribution in [2.45, 2.75) is 18.4 Å². The Morgan fingerprint density at radius 2 is 1.81 bits per heavy atom. The number of benzene rings is 2. The molecule has 0 saturated carbocycles. The Balaban J connectivity index is 1.58. The Bertz CT molecular complexity index is 1110. The lowest BCUT2D eigenvalue weighted by atomic mass is 9.85. The predicted octanol–water partition coefficient (Wildman–Crippen LogP) is 3.52. The Morgan fingerprint density at radius 3 is 2.45 bits per heavy atom. The van der Waals surface area contributed by atoms with Crippen LogP contribution in [-0.4, -0.2) is 34.8 Å². The molecular formula is C22H20F4N4O. The van der Waals surface area contributed by atoms with Crippen molar-refractivity contribution in [1.29, 1.82) is 0 Å². The summed E-state index contributed by atoms with van der Waals surface area (Å²) < 4.78 is 57.9. The van der Waals surface area contributed by atoms with Gasteiger partial charge in [-0.2, -0.15) is 5.10 Å². The standard InChI is InChI=1S/C22H20F4N4O/c1-30-11-14(9-28-30)13-7-18(25)21(19(26)8-13)22(31)29-20-10-27-5-4-15(20)12-2-3-16(23)17(24)6-12/h2-3,6-9,11,15,20,27H,4-5,10H2,1H3,(H,29,31)/t15-,20+/m0/s1. The second-order valence-corrected chi connectivity index (χ2v) is 7.57. The summed E-state index contributed by atoms with van der Waals surface area (Å²) in [5.74, 6) is -5.18. The summed E-state index contributed by atoms with van der Waals surface area (Å²) in [7, 11) is 1.68. The molecule has 5 nitrogen and oxygen atoms in total. The maximum atomic E-state index is 14.7. The van der Waals surface area contributed by atoms with Crippen molar-refractivity contribution < 1.29 is 22.4 Å². The predicted molar refractivity (Wildman–Crippen MR) is 106 cm³/mol. The fraction of sp³-hybridized carbons (Fsp3) is 0.273. The molecule has 2 heterocycles. The molecule has 2 N–H and O–H groups in total. The maximum absolute atomic E-state index is 14.7. The van der Waals surface area contributed by atoms with Gasteiger partial charge in [-0.3, -0.25) is 9.48 Å². The molecule has 0 unspecified atom stereocenters. The van der Waals surface area contributed by atoms with Crippen LogP contribution in [0.4, 0.5) is 17.6 Å². The normalized spacial score (nSPS) is 18.7. The molecule has 9 heteroatoms. The summed E-state index contributed by atoms with van der Waals surface area (Å²) in [6.07, 6.45) is 3.61. The average molecular weight is 432 g/mol. The maximum Gasteiger partial charge on any atom is 0.257 e. The summed E-state index contributed by atoms with van der Waals surface area (Å²) in [5.41, 5.74) is 0.599. The van der Waals surface area contributed by atoms with E-state index in [2.05, 4.69) is 15.7 Å². The first-order valence-corrected chi connectivity index (χ1v) is 9.78. The smallest absolute Gasteiger partial charge is 0.257 e. The number of carbonyl (C=O) groups is 1. The van der Waals surface area contributed by atoms with E-state index in [4.69, 9.17) is 0 Å². The molecule has 31 heavy (non-hydrogen) atoms. The first kappa shape index (κ1) is 21.0. The van der Waals surface area contributed by atoms with Crippen LogP contribution in [0.25, 0.3) is 11.1 Å². The lowest BCUT2D eigenvalue weighted by Gasteiger charge is -2.33. The monoisotopic (exact) mass is 432 g/mol. The van der Waals surface area contributed by atoms with E-state index < -0.39 is 40.8 Å². The molecule has 1 aromatic heterocycles. The minimum absolute atomic E-state index is 0.263. The third kappa shape index (κ3) is 4.32. The Labute approximate surface area is 176 Å². The van der Waals surface area contributed by atoms with Gasteiger partial charge in [-0.15, -0.1) is 0 Å². The van der Waals surface area contributed by atoms with Crippen LogP contribution in [-0.2, 0) is 7.05 Å². The van der Waals surface area contributed by atoms with E-state index in [1.165, 1.54) is 16.9 Å². The zero-order valence-electron chi connectivity index (χ0n) is 16.6. The second kappa shape index (κ2) is 8.50. The molecule has 1 aliphatic heterocycles. The summed E-state index contributed by atoms with van der Waals surface area (Å²) in [5, 5.41) is 9.72. The summed E-state index contributed by atoms with van der Waals surface area (Å²) in [6.45, 7) is 0.935. The highest BCUT2D eigenvalue weighted by Gasteiger charge is 2.30. The Morgan fingerprint density at radius 1 is 1.06 bits per heavy atom. The fourth-order valence-corrected chi connectivity index (χ4v) is 3.92. The molecule has 1 amide bonds. The number of aromatic nitrogens is 2. The zero-order chi connectivity index (χ0) is 22.1. The Hall–Kier alpha value is -3.20. The number of rotatable bonds is 4. The third-order valence-corrected chi connectivity index (χ3v) is 5.48. The first-order chi connectivity index (χ1) is 14.8. The van der Waals surface area contributed by atoms with Gasteiger partial charge in [0.1, 0.15) is 17.2 Å². The summed E-state index contributed by atoms with van der Waals surface area (Å²) in [6, 6.07) is 5.19. The van der Waals surface area contributed by atoms with Gasteiger partial charge in [-0.1, -0.05) is 6.07 Å². The highest BCUT2D eigenvalue weighted by Crippen LogP contribution is 2.28. The molecule has 1 fully saturated rings. The van der Waals surface area contributed by atoms with E-state index >= 15 is 0 Å². The lowest BCUT2D eigenvalue weighted by Crippen LogP contribution is -2.50. The molecule has 0 bridgehead atoms. The quantitative estimate of drug-likeness (QED) is 0.621.